The largest absolute Gasteiger partial charge is 0.461 e. The molecule has 0 radical (unpaired) electrons. The summed E-state index contributed by atoms with van der Waals surface area (Å²) < 4.78 is 69.7. The first-order valence-electron chi connectivity index (χ1n) is 13.4. The number of hydrazone groups is 1. The van der Waals surface area contributed by atoms with Gasteiger partial charge in [-0.3, -0.25) is 14.6 Å². The van der Waals surface area contributed by atoms with E-state index in [1.807, 2.05) is 30.3 Å². The molecule has 0 saturated heterocycles. The Morgan fingerprint density at radius 1 is 1.07 bits per heavy atom. The van der Waals surface area contributed by atoms with Gasteiger partial charge in [-0.2, -0.15) is 22.7 Å². The number of fused-ring (bicyclic) bond motifs is 1. The van der Waals surface area contributed by atoms with Gasteiger partial charge >= 0.3 is 12.5 Å². The van der Waals surface area contributed by atoms with E-state index in [0.29, 0.717) is 16.8 Å². The summed E-state index contributed by atoms with van der Waals surface area (Å²) in [4.78, 5) is 32.7. The van der Waals surface area contributed by atoms with E-state index < -0.39 is 36.0 Å². The molecule has 1 atom stereocenters. The molecule has 45 heavy (non-hydrogen) atoms. The number of thioether (sulfide) groups is 1. The predicted molar refractivity (Wildman–Crippen MR) is 163 cm³/mol. The van der Waals surface area contributed by atoms with Crippen molar-refractivity contribution >= 4 is 46.4 Å². The maximum atomic E-state index is 14.0. The molecule has 0 aliphatic rings. The van der Waals surface area contributed by atoms with Crippen LogP contribution >= 0.6 is 11.8 Å². The van der Waals surface area contributed by atoms with Gasteiger partial charge in [0.15, 0.2) is 0 Å². The molecule has 2 N–H and O–H groups in total. The Balaban J connectivity index is 1.60. The second kappa shape index (κ2) is 14.8. The van der Waals surface area contributed by atoms with Crippen molar-refractivity contribution in [1.82, 2.24) is 15.3 Å². The summed E-state index contributed by atoms with van der Waals surface area (Å²) in [6.07, 6.45) is -6.28. The summed E-state index contributed by atoms with van der Waals surface area (Å²) in [5.41, 5.74) is 3.09. The molecule has 1 unspecified atom stereocenters. The number of aromatic nitrogens is 1. The Labute approximate surface area is 259 Å². The average molecular weight is 646 g/mol. The van der Waals surface area contributed by atoms with E-state index in [-0.39, 0.29) is 29.0 Å². The zero-order valence-corrected chi connectivity index (χ0v) is 24.8. The number of halogens is 5. The van der Waals surface area contributed by atoms with Gasteiger partial charge in [0.1, 0.15) is 11.6 Å². The number of hydrogen-bond acceptors (Lipinski definition) is 7. The maximum Gasteiger partial charge on any atom is 0.461 e. The fourth-order valence-electron chi connectivity index (χ4n) is 4.04. The number of alkyl halides is 4. The zero-order chi connectivity index (χ0) is 32.6. The summed E-state index contributed by atoms with van der Waals surface area (Å²) >= 11 is 1.51. The maximum absolute atomic E-state index is 14.0. The highest BCUT2D eigenvalue weighted by Gasteiger charge is 2.44. The average Bonchev–Trinajstić information content (AvgIpc) is 3.00. The van der Waals surface area contributed by atoms with Crippen molar-refractivity contribution in [2.45, 2.75) is 29.9 Å². The van der Waals surface area contributed by atoms with Crippen LogP contribution in [0.4, 0.5) is 27.6 Å². The number of benzene rings is 3. The summed E-state index contributed by atoms with van der Waals surface area (Å²) in [5.74, 6) is -1.49. The van der Waals surface area contributed by atoms with Crippen molar-refractivity contribution in [3.05, 3.63) is 95.9 Å². The quantitative estimate of drug-likeness (QED) is 0.0754. The molecule has 4 rings (SSSR count). The Morgan fingerprint density at radius 2 is 1.82 bits per heavy atom. The monoisotopic (exact) mass is 645 g/mol. The first-order valence-corrected chi connectivity index (χ1v) is 14.4. The van der Waals surface area contributed by atoms with Gasteiger partial charge in [-0.1, -0.05) is 30.3 Å². The minimum atomic E-state index is -4.69. The number of rotatable bonds is 13. The first-order chi connectivity index (χ1) is 21.4. The summed E-state index contributed by atoms with van der Waals surface area (Å²) in [6, 6.07) is 17.8. The van der Waals surface area contributed by atoms with Gasteiger partial charge in [0.05, 0.1) is 23.0 Å². The highest BCUT2D eigenvalue weighted by molar-refractivity contribution is 7.99. The number of nitrogens with zero attached hydrogens (tertiary/aromatic N) is 3. The Kier molecular flexibility index (Phi) is 10.9. The molecule has 4 aromatic rings. The summed E-state index contributed by atoms with van der Waals surface area (Å²) in [6.45, 7) is 0. The van der Waals surface area contributed by atoms with Crippen LogP contribution in [0.3, 0.4) is 0 Å². The standard InChI is InChI=1S/C31H28F5N5O3S/c1-41(2)27(42)15-21(18-45-23-9-4-3-5-10-23)39-28-24-12-11-20(32)14-26(24)37-17-25(28)29(43)40-38-16-19-7-6-8-22(13-19)44-31(35,36)30(33)34/h3-14,16-17,21,30H,15,18H2,1-2H3,(H,37,39)(H,40,43)/b38-16+. The minimum Gasteiger partial charge on any atom is -0.428 e. The van der Waals surface area contributed by atoms with E-state index in [9.17, 15) is 31.5 Å². The lowest BCUT2D eigenvalue weighted by Gasteiger charge is -2.23. The van der Waals surface area contributed by atoms with Gasteiger partial charge in [0.2, 0.25) is 5.91 Å². The van der Waals surface area contributed by atoms with Crippen LogP contribution in [0.25, 0.3) is 10.9 Å². The van der Waals surface area contributed by atoms with Gasteiger partial charge in [-0.25, -0.2) is 9.82 Å². The number of amides is 2. The van der Waals surface area contributed by atoms with E-state index in [1.54, 1.807) is 14.1 Å². The van der Waals surface area contributed by atoms with Gasteiger partial charge in [-0.05, 0) is 42.0 Å². The molecule has 0 spiro atoms. The molecule has 1 heterocycles. The SMILES string of the molecule is CN(C)C(=O)CC(CSc1ccccc1)Nc1c(C(=O)N/N=C/c2cccc(OC(F)(F)C(F)F)c2)cnc2cc(F)ccc12. The lowest BCUT2D eigenvalue weighted by molar-refractivity contribution is -0.253. The fourth-order valence-corrected chi connectivity index (χ4v) is 4.99. The second-order valence-electron chi connectivity index (χ2n) is 9.90. The third-order valence-corrected chi connectivity index (χ3v) is 7.46. The van der Waals surface area contributed by atoms with E-state index >= 15 is 0 Å². The highest BCUT2D eigenvalue weighted by atomic mass is 32.2. The Bertz CT molecular complexity index is 1670. The molecule has 1 aromatic heterocycles. The number of carbonyl (C=O) groups excluding carboxylic acids is 2. The van der Waals surface area contributed by atoms with Crippen molar-refractivity contribution in [3.8, 4) is 5.75 Å². The van der Waals surface area contributed by atoms with E-state index in [4.69, 9.17) is 0 Å². The Morgan fingerprint density at radius 3 is 2.53 bits per heavy atom. The molecule has 14 heteroatoms. The van der Waals surface area contributed by atoms with Crippen LogP contribution in [-0.2, 0) is 4.79 Å². The van der Waals surface area contributed by atoms with Gasteiger partial charge in [-0.15, -0.1) is 11.8 Å². The molecule has 3 aromatic carbocycles. The first kappa shape index (κ1) is 33.2. The lowest BCUT2D eigenvalue weighted by Crippen LogP contribution is -2.33. The smallest absolute Gasteiger partial charge is 0.428 e. The van der Waals surface area contributed by atoms with Crippen LogP contribution in [0, 0.1) is 5.82 Å². The normalized spacial score (nSPS) is 12.4. The summed E-state index contributed by atoms with van der Waals surface area (Å²) in [7, 11) is 3.27. The van der Waals surface area contributed by atoms with Gasteiger partial charge in [0, 0.05) is 54.9 Å². The van der Waals surface area contributed by atoms with Crippen LogP contribution in [-0.4, -0.2) is 66.3 Å². The number of ether oxygens (including phenoxy) is 1. The lowest BCUT2D eigenvalue weighted by atomic mass is 10.1. The molecule has 0 saturated carbocycles. The van der Waals surface area contributed by atoms with Gasteiger partial charge in [0.25, 0.3) is 5.91 Å². The molecule has 0 aliphatic heterocycles. The molecular weight excluding hydrogens is 617 g/mol. The number of nitrogens with one attached hydrogen (secondary N) is 2. The highest BCUT2D eigenvalue weighted by Crippen LogP contribution is 2.30. The molecule has 2 amide bonds. The molecule has 0 aliphatic carbocycles. The van der Waals surface area contributed by atoms with E-state index in [1.165, 1.54) is 53.2 Å². The van der Waals surface area contributed by atoms with Crippen molar-refractivity contribution in [3.63, 3.8) is 0 Å². The fraction of sp³-hybridized carbons (Fsp3) is 0.226. The van der Waals surface area contributed by atoms with Crippen LogP contribution in [0.5, 0.6) is 5.75 Å². The summed E-state index contributed by atoms with van der Waals surface area (Å²) in [5, 5.41) is 7.58. The minimum absolute atomic E-state index is 0.0342. The zero-order valence-electron chi connectivity index (χ0n) is 24.0. The van der Waals surface area contributed by atoms with Crippen LogP contribution in [0.15, 0.2) is 89.0 Å². The number of carbonyl (C=O) groups is 2. The van der Waals surface area contributed by atoms with Crippen molar-refractivity contribution in [2.24, 2.45) is 5.10 Å². The molecule has 236 valence electrons. The topological polar surface area (TPSA) is 95.9 Å². The molecule has 0 bridgehead atoms. The van der Waals surface area contributed by atoms with E-state index in [2.05, 4.69) is 25.6 Å². The second-order valence-corrected chi connectivity index (χ2v) is 11.0. The third-order valence-electron chi connectivity index (χ3n) is 6.28. The molecular formula is C31H28F5N5O3S. The number of anilines is 1. The van der Waals surface area contributed by atoms with Crippen LogP contribution < -0.4 is 15.5 Å². The van der Waals surface area contributed by atoms with Crippen molar-refractivity contribution in [1.29, 1.82) is 0 Å². The molecule has 8 nitrogen and oxygen atoms in total. The van der Waals surface area contributed by atoms with Gasteiger partial charge < -0.3 is 15.0 Å². The van der Waals surface area contributed by atoms with Crippen molar-refractivity contribution < 1.29 is 36.3 Å². The van der Waals surface area contributed by atoms with E-state index in [0.717, 1.165) is 23.2 Å². The molecule has 0 fully saturated rings. The third kappa shape index (κ3) is 9.14. The van der Waals surface area contributed by atoms with Crippen molar-refractivity contribution in [2.75, 3.05) is 25.2 Å². The van der Waals surface area contributed by atoms with Crippen LogP contribution in [0.2, 0.25) is 0 Å². The predicted octanol–water partition coefficient (Wildman–Crippen LogP) is 6.43. The Hall–Kier alpha value is -4.72. The number of hydrogen-bond donors (Lipinski definition) is 2. The van der Waals surface area contributed by atoms with Crippen LogP contribution in [0.1, 0.15) is 22.3 Å². The number of pyridine rings is 1.